The number of hydrogen-bond acceptors (Lipinski definition) is 7. The summed E-state index contributed by atoms with van der Waals surface area (Å²) in [6.45, 7) is 0.967. The van der Waals surface area contributed by atoms with E-state index in [0.717, 1.165) is 17.7 Å². The van der Waals surface area contributed by atoms with Crippen molar-refractivity contribution in [2.75, 3.05) is 25.6 Å². The minimum atomic E-state index is -0.933. The number of benzene rings is 1. The standard InChI is InChI=1S/C21H25N3O7/c1-13-7-9-21(10-8-13)19(28)24(20(29)23-21)11-17(26)31-12-16(25)22-15-5-3-14(4-6-15)18(27)30-2/h3-6,13H,7-12H2,1-2H3,(H,22,25)(H,23,29). The monoisotopic (exact) mass is 431 g/mol. The number of esters is 2. The molecule has 10 heteroatoms. The second-order valence-corrected chi connectivity index (χ2v) is 7.86. The highest BCUT2D eigenvalue weighted by molar-refractivity contribution is 6.08. The van der Waals surface area contributed by atoms with Gasteiger partial charge in [-0.15, -0.1) is 0 Å². The lowest BCUT2D eigenvalue weighted by atomic mass is 9.77. The molecule has 2 aliphatic rings. The zero-order valence-electron chi connectivity index (χ0n) is 17.4. The molecule has 1 aliphatic heterocycles. The number of nitrogens with one attached hydrogen (secondary N) is 2. The summed E-state index contributed by atoms with van der Waals surface area (Å²) in [5.74, 6) is -1.90. The van der Waals surface area contributed by atoms with Gasteiger partial charge < -0.3 is 20.1 Å². The Labute approximate surface area is 179 Å². The van der Waals surface area contributed by atoms with Gasteiger partial charge in [0.15, 0.2) is 6.61 Å². The Morgan fingerprint density at radius 2 is 1.81 bits per heavy atom. The van der Waals surface area contributed by atoms with Crippen LogP contribution in [0.4, 0.5) is 10.5 Å². The lowest BCUT2D eigenvalue weighted by Crippen LogP contribution is -2.49. The summed E-state index contributed by atoms with van der Waals surface area (Å²) in [6, 6.07) is 5.35. The second kappa shape index (κ2) is 9.15. The summed E-state index contributed by atoms with van der Waals surface area (Å²) >= 11 is 0. The van der Waals surface area contributed by atoms with Crippen LogP contribution in [-0.2, 0) is 23.9 Å². The van der Waals surface area contributed by atoms with E-state index in [1.54, 1.807) is 0 Å². The minimum Gasteiger partial charge on any atom is -0.465 e. The summed E-state index contributed by atoms with van der Waals surface area (Å²) in [5, 5.41) is 5.24. The van der Waals surface area contributed by atoms with Gasteiger partial charge in [0, 0.05) is 5.69 Å². The van der Waals surface area contributed by atoms with Crippen molar-refractivity contribution in [1.29, 1.82) is 0 Å². The lowest BCUT2D eigenvalue weighted by Gasteiger charge is -2.33. The summed E-state index contributed by atoms with van der Waals surface area (Å²) in [4.78, 5) is 61.3. The number of methoxy groups -OCH3 is 1. The van der Waals surface area contributed by atoms with Crippen molar-refractivity contribution in [2.24, 2.45) is 5.92 Å². The Kier molecular flexibility index (Phi) is 6.57. The van der Waals surface area contributed by atoms with Crippen LogP contribution in [0.1, 0.15) is 43.0 Å². The van der Waals surface area contributed by atoms with Crippen molar-refractivity contribution in [3.8, 4) is 0 Å². The zero-order valence-corrected chi connectivity index (χ0v) is 17.4. The maximum Gasteiger partial charge on any atom is 0.337 e. The summed E-state index contributed by atoms with van der Waals surface area (Å²) in [5.41, 5.74) is -0.209. The smallest absolute Gasteiger partial charge is 0.337 e. The third-order valence-electron chi connectivity index (χ3n) is 5.61. The van der Waals surface area contributed by atoms with Crippen LogP contribution in [0.5, 0.6) is 0 Å². The average Bonchev–Trinajstić information content (AvgIpc) is 2.98. The normalized spacial score (nSPS) is 22.8. The predicted octanol–water partition coefficient (Wildman–Crippen LogP) is 1.46. The van der Waals surface area contributed by atoms with E-state index in [1.165, 1.54) is 31.4 Å². The number of nitrogens with zero attached hydrogens (tertiary/aromatic N) is 1. The van der Waals surface area contributed by atoms with Gasteiger partial charge in [-0.05, 0) is 55.9 Å². The maximum atomic E-state index is 12.7. The average molecular weight is 431 g/mol. The molecule has 1 aromatic carbocycles. The minimum absolute atomic E-state index is 0.325. The van der Waals surface area contributed by atoms with Crippen LogP contribution in [0.3, 0.4) is 0 Å². The van der Waals surface area contributed by atoms with Crippen molar-refractivity contribution < 1.29 is 33.4 Å². The molecule has 31 heavy (non-hydrogen) atoms. The van der Waals surface area contributed by atoms with E-state index in [9.17, 15) is 24.0 Å². The van der Waals surface area contributed by atoms with Gasteiger partial charge in [0.05, 0.1) is 12.7 Å². The molecule has 10 nitrogen and oxygen atoms in total. The maximum absolute atomic E-state index is 12.7. The van der Waals surface area contributed by atoms with E-state index < -0.39 is 48.5 Å². The number of imide groups is 1. The summed E-state index contributed by atoms with van der Waals surface area (Å²) < 4.78 is 9.50. The SMILES string of the molecule is COC(=O)c1ccc(NC(=O)COC(=O)CN2C(=O)NC3(CCC(C)CC3)C2=O)cc1. The molecule has 0 radical (unpaired) electrons. The molecule has 1 saturated heterocycles. The highest BCUT2D eigenvalue weighted by atomic mass is 16.5. The Hall–Kier alpha value is -3.43. The van der Waals surface area contributed by atoms with Gasteiger partial charge in [-0.1, -0.05) is 6.92 Å². The van der Waals surface area contributed by atoms with Gasteiger partial charge in [-0.3, -0.25) is 19.3 Å². The predicted molar refractivity (Wildman–Crippen MR) is 108 cm³/mol. The molecule has 0 bridgehead atoms. The molecule has 1 heterocycles. The first-order valence-corrected chi connectivity index (χ1v) is 10.0. The molecule has 0 unspecified atom stereocenters. The van der Waals surface area contributed by atoms with Crippen LogP contribution in [0.25, 0.3) is 0 Å². The molecule has 166 valence electrons. The molecule has 0 aromatic heterocycles. The first kappa shape index (κ1) is 22.3. The number of hydrogen-bond donors (Lipinski definition) is 2. The van der Waals surface area contributed by atoms with E-state index in [-0.39, 0.29) is 0 Å². The van der Waals surface area contributed by atoms with Crippen molar-refractivity contribution in [3.05, 3.63) is 29.8 Å². The van der Waals surface area contributed by atoms with Crippen LogP contribution in [-0.4, -0.2) is 60.5 Å². The van der Waals surface area contributed by atoms with Gasteiger partial charge in [0.1, 0.15) is 12.1 Å². The number of carbonyl (C=O) groups is 5. The number of carbonyl (C=O) groups excluding carboxylic acids is 5. The molecular weight excluding hydrogens is 406 g/mol. The van der Waals surface area contributed by atoms with E-state index in [2.05, 4.69) is 22.3 Å². The Bertz CT molecular complexity index is 889. The van der Waals surface area contributed by atoms with Crippen molar-refractivity contribution in [2.45, 2.75) is 38.1 Å². The number of anilines is 1. The molecule has 1 saturated carbocycles. The van der Waals surface area contributed by atoms with Crippen LogP contribution in [0, 0.1) is 5.92 Å². The molecule has 2 fully saturated rings. The molecule has 1 aromatic rings. The van der Waals surface area contributed by atoms with Gasteiger partial charge in [0.2, 0.25) is 0 Å². The van der Waals surface area contributed by atoms with Crippen LogP contribution >= 0.6 is 0 Å². The highest BCUT2D eigenvalue weighted by Gasteiger charge is 2.52. The number of rotatable bonds is 6. The largest absolute Gasteiger partial charge is 0.465 e. The first-order valence-electron chi connectivity index (χ1n) is 10.0. The molecule has 3 rings (SSSR count). The molecule has 2 N–H and O–H groups in total. The number of ether oxygens (including phenoxy) is 2. The molecule has 0 atom stereocenters. The van der Waals surface area contributed by atoms with Crippen molar-refractivity contribution in [1.82, 2.24) is 10.2 Å². The zero-order chi connectivity index (χ0) is 22.6. The number of amides is 4. The quantitative estimate of drug-likeness (QED) is 0.515. The van der Waals surface area contributed by atoms with Gasteiger partial charge in [-0.25, -0.2) is 9.59 Å². The Balaban J connectivity index is 1.47. The van der Waals surface area contributed by atoms with Gasteiger partial charge in [-0.2, -0.15) is 0 Å². The van der Waals surface area contributed by atoms with Gasteiger partial charge in [0.25, 0.3) is 11.8 Å². The molecular formula is C21H25N3O7. The molecule has 1 aliphatic carbocycles. The third-order valence-corrected chi connectivity index (χ3v) is 5.61. The summed E-state index contributed by atoms with van der Waals surface area (Å²) in [7, 11) is 1.27. The molecule has 1 spiro atoms. The van der Waals surface area contributed by atoms with E-state index in [0.29, 0.717) is 30.0 Å². The Morgan fingerprint density at radius 1 is 1.16 bits per heavy atom. The fourth-order valence-electron chi connectivity index (χ4n) is 3.74. The Morgan fingerprint density at radius 3 is 2.42 bits per heavy atom. The van der Waals surface area contributed by atoms with Crippen LogP contribution in [0.2, 0.25) is 0 Å². The van der Waals surface area contributed by atoms with Gasteiger partial charge >= 0.3 is 18.0 Å². The fraction of sp³-hybridized carbons (Fsp3) is 0.476. The lowest BCUT2D eigenvalue weighted by molar-refractivity contribution is -0.150. The van der Waals surface area contributed by atoms with E-state index in [1.807, 2.05) is 0 Å². The third kappa shape index (κ3) is 5.01. The second-order valence-electron chi connectivity index (χ2n) is 7.86. The first-order chi connectivity index (χ1) is 14.7. The fourth-order valence-corrected chi connectivity index (χ4v) is 3.74. The highest BCUT2D eigenvalue weighted by Crippen LogP contribution is 2.36. The molecule has 4 amide bonds. The summed E-state index contributed by atoms with van der Waals surface area (Å²) in [6.07, 6.45) is 2.74. The van der Waals surface area contributed by atoms with Crippen molar-refractivity contribution in [3.63, 3.8) is 0 Å². The van der Waals surface area contributed by atoms with E-state index in [4.69, 9.17) is 4.74 Å². The topological polar surface area (TPSA) is 131 Å². The number of urea groups is 1. The van der Waals surface area contributed by atoms with Crippen molar-refractivity contribution >= 4 is 35.5 Å². The van der Waals surface area contributed by atoms with E-state index >= 15 is 0 Å². The van der Waals surface area contributed by atoms with Crippen LogP contribution < -0.4 is 10.6 Å². The van der Waals surface area contributed by atoms with Crippen LogP contribution in [0.15, 0.2) is 24.3 Å².